The lowest BCUT2D eigenvalue weighted by atomic mass is 10.0. The summed E-state index contributed by atoms with van der Waals surface area (Å²) in [4.78, 5) is 11.9. The van der Waals surface area contributed by atoms with E-state index in [9.17, 15) is 9.18 Å². The topological polar surface area (TPSA) is 26.3 Å². The maximum Gasteiger partial charge on any atom is 0.168 e. The van der Waals surface area contributed by atoms with Crippen molar-refractivity contribution in [2.24, 2.45) is 11.3 Å². The summed E-state index contributed by atoms with van der Waals surface area (Å²) >= 11 is 0. The molecule has 92 valence electrons. The van der Waals surface area contributed by atoms with Crippen molar-refractivity contribution in [1.82, 2.24) is 0 Å². The van der Waals surface area contributed by atoms with Crippen molar-refractivity contribution < 1.29 is 13.9 Å². The monoisotopic (exact) mass is 236 g/mol. The molecule has 1 aliphatic rings. The van der Waals surface area contributed by atoms with E-state index in [0.717, 1.165) is 6.42 Å². The molecule has 0 aromatic heterocycles. The van der Waals surface area contributed by atoms with Crippen molar-refractivity contribution in [2.45, 2.75) is 26.7 Å². The minimum absolute atomic E-state index is 0.0908. The van der Waals surface area contributed by atoms with E-state index in [-0.39, 0.29) is 29.3 Å². The molecular weight excluding hydrogens is 219 g/mol. The van der Waals surface area contributed by atoms with Crippen LogP contribution in [0.4, 0.5) is 4.39 Å². The summed E-state index contributed by atoms with van der Waals surface area (Å²) in [7, 11) is 1.42. The molecule has 0 spiro atoms. The van der Waals surface area contributed by atoms with Crippen LogP contribution in [0.1, 0.15) is 25.8 Å². The van der Waals surface area contributed by atoms with Gasteiger partial charge in [0.1, 0.15) is 5.78 Å². The van der Waals surface area contributed by atoms with Gasteiger partial charge in [-0.15, -0.1) is 0 Å². The molecule has 0 N–H and O–H groups in total. The van der Waals surface area contributed by atoms with Crippen molar-refractivity contribution in [3.05, 3.63) is 29.6 Å². The molecule has 0 amide bonds. The highest BCUT2D eigenvalue weighted by molar-refractivity contribution is 5.86. The van der Waals surface area contributed by atoms with Crippen molar-refractivity contribution >= 4 is 5.78 Å². The smallest absolute Gasteiger partial charge is 0.168 e. The summed E-state index contributed by atoms with van der Waals surface area (Å²) in [6, 6.07) is 4.91. The van der Waals surface area contributed by atoms with Crippen LogP contribution in [0.15, 0.2) is 18.2 Å². The first-order valence-electron chi connectivity index (χ1n) is 5.80. The molecule has 1 aliphatic carbocycles. The van der Waals surface area contributed by atoms with Crippen molar-refractivity contribution in [2.75, 3.05) is 7.11 Å². The van der Waals surface area contributed by atoms with E-state index in [1.54, 1.807) is 18.2 Å². The Kier molecular flexibility index (Phi) is 2.94. The molecule has 0 heterocycles. The summed E-state index contributed by atoms with van der Waals surface area (Å²) < 4.78 is 18.7. The van der Waals surface area contributed by atoms with E-state index in [1.807, 2.05) is 0 Å². The standard InChI is InChI=1S/C14H17FO2/c1-14(2)8-10(14)11(16)7-9-5-4-6-12(17-3)13(9)15/h4-6,10H,7-8H2,1-3H3. The Hall–Kier alpha value is -1.38. The Morgan fingerprint density at radius 2 is 2.18 bits per heavy atom. The number of hydrogen-bond acceptors (Lipinski definition) is 2. The number of benzene rings is 1. The molecule has 2 nitrogen and oxygen atoms in total. The second-order valence-corrected chi connectivity index (χ2v) is 5.32. The maximum absolute atomic E-state index is 13.8. The number of Topliss-reactive ketones (excluding diaryl/α,β-unsaturated/α-hetero) is 1. The molecule has 3 heteroatoms. The zero-order valence-electron chi connectivity index (χ0n) is 10.4. The number of halogens is 1. The molecule has 0 saturated heterocycles. The lowest BCUT2D eigenvalue weighted by Gasteiger charge is -2.07. The van der Waals surface area contributed by atoms with E-state index in [1.165, 1.54) is 7.11 Å². The minimum Gasteiger partial charge on any atom is -0.494 e. The fourth-order valence-corrected chi connectivity index (χ4v) is 2.18. The summed E-state index contributed by atoms with van der Waals surface area (Å²) in [6.07, 6.45) is 1.08. The molecular formula is C14H17FO2. The molecule has 0 aliphatic heterocycles. The largest absolute Gasteiger partial charge is 0.494 e. The lowest BCUT2D eigenvalue weighted by Crippen LogP contribution is -2.10. The van der Waals surface area contributed by atoms with E-state index in [2.05, 4.69) is 13.8 Å². The number of ketones is 1. The SMILES string of the molecule is COc1cccc(CC(=O)C2CC2(C)C)c1F. The highest BCUT2D eigenvalue weighted by Crippen LogP contribution is 2.52. The molecule has 1 aromatic carbocycles. The van der Waals surface area contributed by atoms with Gasteiger partial charge in [-0.05, 0) is 23.5 Å². The average molecular weight is 236 g/mol. The summed E-state index contributed by atoms with van der Waals surface area (Å²) in [5.74, 6) is 0.00224. The van der Waals surface area contributed by atoms with Crippen LogP contribution in [0.25, 0.3) is 0 Å². The lowest BCUT2D eigenvalue weighted by molar-refractivity contribution is -0.120. The van der Waals surface area contributed by atoms with Gasteiger partial charge in [-0.1, -0.05) is 26.0 Å². The minimum atomic E-state index is -0.415. The number of methoxy groups -OCH3 is 1. The molecule has 1 unspecified atom stereocenters. The van der Waals surface area contributed by atoms with Crippen LogP contribution in [-0.4, -0.2) is 12.9 Å². The van der Waals surface area contributed by atoms with Gasteiger partial charge in [-0.25, -0.2) is 4.39 Å². The highest BCUT2D eigenvalue weighted by Gasteiger charge is 2.49. The molecule has 17 heavy (non-hydrogen) atoms. The Balaban J connectivity index is 2.12. The van der Waals surface area contributed by atoms with Crippen LogP contribution in [-0.2, 0) is 11.2 Å². The van der Waals surface area contributed by atoms with Crippen molar-refractivity contribution in [3.8, 4) is 5.75 Å². The van der Waals surface area contributed by atoms with Gasteiger partial charge >= 0.3 is 0 Å². The average Bonchev–Trinajstić information content (AvgIpc) is 2.91. The Labute approximate surface area is 101 Å². The maximum atomic E-state index is 13.8. The van der Waals surface area contributed by atoms with Gasteiger partial charge in [-0.2, -0.15) is 0 Å². The molecule has 1 saturated carbocycles. The molecule has 1 aromatic rings. The second kappa shape index (κ2) is 4.13. The van der Waals surface area contributed by atoms with Crippen molar-refractivity contribution in [3.63, 3.8) is 0 Å². The van der Waals surface area contributed by atoms with Gasteiger partial charge in [0.15, 0.2) is 11.6 Å². The van der Waals surface area contributed by atoms with Gasteiger partial charge < -0.3 is 4.74 Å². The number of ether oxygens (including phenoxy) is 1. The predicted molar refractivity (Wildman–Crippen MR) is 63.6 cm³/mol. The van der Waals surface area contributed by atoms with Crippen LogP contribution < -0.4 is 4.74 Å². The van der Waals surface area contributed by atoms with E-state index in [4.69, 9.17) is 4.74 Å². The van der Waals surface area contributed by atoms with Crippen LogP contribution >= 0.6 is 0 Å². The summed E-state index contributed by atoms with van der Waals surface area (Å²) in [6.45, 7) is 4.13. The van der Waals surface area contributed by atoms with Gasteiger partial charge in [-0.3, -0.25) is 4.79 Å². The second-order valence-electron chi connectivity index (χ2n) is 5.32. The molecule has 2 rings (SSSR count). The van der Waals surface area contributed by atoms with Crippen molar-refractivity contribution in [1.29, 1.82) is 0 Å². The molecule has 0 radical (unpaired) electrons. The highest BCUT2D eigenvalue weighted by atomic mass is 19.1. The number of carbonyl (C=O) groups excluding carboxylic acids is 1. The Morgan fingerprint density at radius 1 is 1.53 bits per heavy atom. The zero-order chi connectivity index (χ0) is 12.6. The molecule has 1 atom stereocenters. The summed E-state index contributed by atoms with van der Waals surface area (Å²) in [5, 5.41) is 0. The Morgan fingerprint density at radius 3 is 2.71 bits per heavy atom. The number of carbonyl (C=O) groups is 1. The third kappa shape index (κ3) is 2.33. The third-order valence-electron chi connectivity index (χ3n) is 3.53. The molecule has 0 bridgehead atoms. The van der Waals surface area contributed by atoms with Crippen LogP contribution in [0.5, 0.6) is 5.75 Å². The van der Waals surface area contributed by atoms with Gasteiger partial charge in [0.2, 0.25) is 0 Å². The third-order valence-corrected chi connectivity index (χ3v) is 3.53. The fraction of sp³-hybridized carbons (Fsp3) is 0.500. The normalized spacial score (nSPS) is 21.1. The van der Waals surface area contributed by atoms with Gasteiger partial charge in [0.25, 0.3) is 0 Å². The van der Waals surface area contributed by atoms with E-state index >= 15 is 0 Å². The number of hydrogen-bond donors (Lipinski definition) is 0. The fourth-order valence-electron chi connectivity index (χ4n) is 2.18. The van der Waals surface area contributed by atoms with E-state index in [0.29, 0.717) is 5.56 Å². The van der Waals surface area contributed by atoms with Gasteiger partial charge in [0, 0.05) is 12.3 Å². The van der Waals surface area contributed by atoms with Crippen LogP contribution in [0, 0.1) is 17.2 Å². The first kappa shape index (κ1) is 12.1. The zero-order valence-corrected chi connectivity index (χ0v) is 10.4. The van der Waals surface area contributed by atoms with E-state index < -0.39 is 5.82 Å². The van der Waals surface area contributed by atoms with Crippen LogP contribution in [0.2, 0.25) is 0 Å². The van der Waals surface area contributed by atoms with Gasteiger partial charge in [0.05, 0.1) is 7.11 Å². The summed E-state index contributed by atoms with van der Waals surface area (Å²) in [5.41, 5.74) is 0.531. The van der Waals surface area contributed by atoms with Crippen LogP contribution in [0.3, 0.4) is 0 Å². The first-order chi connectivity index (χ1) is 7.95. The Bertz CT molecular complexity index is 452. The predicted octanol–water partition coefficient (Wildman–Crippen LogP) is 2.99. The first-order valence-corrected chi connectivity index (χ1v) is 5.80. The molecule has 1 fully saturated rings. The quantitative estimate of drug-likeness (QED) is 0.803. The number of rotatable bonds is 4.